The molecule has 2 amide bonds. The molecule has 0 bridgehead atoms. The second-order valence-corrected chi connectivity index (χ2v) is 17.8. The molecule has 1 atom stereocenters. The van der Waals surface area contributed by atoms with Crippen LogP contribution < -0.4 is 10.2 Å². The van der Waals surface area contributed by atoms with E-state index < -0.39 is 16.6 Å². The number of anilines is 3. The molecule has 4 fully saturated rings. The molecule has 11 nitrogen and oxygen atoms in total. The predicted molar refractivity (Wildman–Crippen MR) is 206 cm³/mol. The van der Waals surface area contributed by atoms with Crippen LogP contribution in [0.3, 0.4) is 0 Å². The number of piperidine rings is 1. The van der Waals surface area contributed by atoms with Crippen molar-refractivity contribution in [3.8, 4) is 11.3 Å². The van der Waals surface area contributed by atoms with Crippen molar-refractivity contribution >= 4 is 40.0 Å². The fourth-order valence-electron chi connectivity index (χ4n) is 9.73. The Morgan fingerprint density at radius 3 is 2.50 bits per heavy atom. The molecule has 3 saturated heterocycles. The summed E-state index contributed by atoms with van der Waals surface area (Å²) in [7, 11) is 0. The van der Waals surface area contributed by atoms with Crippen LogP contribution in [0.25, 0.3) is 22.3 Å². The summed E-state index contributed by atoms with van der Waals surface area (Å²) >= 11 is 0. The van der Waals surface area contributed by atoms with E-state index in [2.05, 4.69) is 66.0 Å². The Balaban J connectivity index is 1.08. The number of pyridine rings is 2. The van der Waals surface area contributed by atoms with E-state index in [1.54, 1.807) is 18.6 Å². The van der Waals surface area contributed by atoms with Crippen LogP contribution in [0.4, 0.5) is 21.6 Å². The number of carbonyl (C=O) groups excluding carboxylic acids is 2. The Hall–Kier alpha value is -4.42. The molecule has 7 heterocycles. The van der Waals surface area contributed by atoms with E-state index in [0.717, 1.165) is 60.2 Å². The first-order valence-electron chi connectivity index (χ1n) is 19.7. The number of imidazole rings is 1. The van der Waals surface area contributed by atoms with E-state index in [1.807, 2.05) is 22.5 Å². The number of aromatic nitrogens is 4. The molecule has 0 radical (unpaired) electrons. The molecule has 12 heteroatoms. The van der Waals surface area contributed by atoms with Crippen molar-refractivity contribution in [3.63, 3.8) is 0 Å². The number of nitrogens with one attached hydrogen (secondary N) is 1. The number of nitrogens with zero attached hydrogens (tertiary/aromatic N) is 7. The molecule has 54 heavy (non-hydrogen) atoms. The van der Waals surface area contributed by atoms with Gasteiger partial charge in [-0.25, -0.2) is 14.4 Å². The molecular formula is C42H51FN8O3. The van der Waals surface area contributed by atoms with Gasteiger partial charge in [-0.2, -0.15) is 0 Å². The fourth-order valence-corrected chi connectivity index (χ4v) is 9.73. The highest BCUT2D eigenvalue weighted by Crippen LogP contribution is 2.53. The zero-order chi connectivity index (χ0) is 37.6. The van der Waals surface area contributed by atoms with Crippen molar-refractivity contribution in [2.24, 2.45) is 10.8 Å². The van der Waals surface area contributed by atoms with Crippen molar-refractivity contribution in [1.29, 1.82) is 0 Å². The average Bonchev–Trinajstić information content (AvgIpc) is 3.91. The van der Waals surface area contributed by atoms with Gasteiger partial charge in [0.05, 0.1) is 46.9 Å². The summed E-state index contributed by atoms with van der Waals surface area (Å²) in [5.41, 5.74) is 4.49. The third-order valence-electron chi connectivity index (χ3n) is 13.1. The van der Waals surface area contributed by atoms with E-state index in [9.17, 15) is 14.0 Å². The van der Waals surface area contributed by atoms with Gasteiger partial charge in [-0.1, -0.05) is 26.0 Å². The molecule has 1 aromatic carbocycles. The van der Waals surface area contributed by atoms with Gasteiger partial charge in [-0.05, 0) is 95.0 Å². The van der Waals surface area contributed by atoms with Gasteiger partial charge in [0.25, 0.3) is 0 Å². The maximum atomic E-state index is 15.0. The topological polar surface area (TPSA) is 109 Å². The standard InChI is InChI=1S/C42H51FN8O3/c1-26(2)50-25-45-34-21-33(47-37(36(34)50)46-32-8-13-44-22-31(32)43)27-6-7-30-35(18-27)51(29-19-28(20-29)49-14-9-40(3,4)23-49)39(53)42(30)10-15-48(16-11-42)38(52)41(5)12-17-54-24-41/h6-8,13,18,21-22,25-26,28-29H,9-12,14-17,19-20,23-24H2,1-5H3,(H,44,46,47)/t28-,29+,41?. The van der Waals surface area contributed by atoms with Crippen LogP contribution in [0, 0.1) is 16.6 Å². The summed E-state index contributed by atoms with van der Waals surface area (Å²) in [6, 6.07) is 10.6. The van der Waals surface area contributed by atoms with Gasteiger partial charge in [-0.3, -0.25) is 19.5 Å². The zero-order valence-electron chi connectivity index (χ0n) is 32.1. The minimum Gasteiger partial charge on any atom is -0.380 e. The molecule has 1 aliphatic carbocycles. The highest BCUT2D eigenvalue weighted by molar-refractivity contribution is 6.09. The van der Waals surface area contributed by atoms with E-state index in [4.69, 9.17) is 14.7 Å². The fraction of sp³-hybridized carbons (Fsp3) is 0.548. The number of carbonyl (C=O) groups is 2. The number of hydrogen-bond donors (Lipinski definition) is 1. The smallest absolute Gasteiger partial charge is 0.238 e. The molecule has 3 aromatic heterocycles. The summed E-state index contributed by atoms with van der Waals surface area (Å²) in [6.45, 7) is 15.2. The van der Waals surface area contributed by atoms with E-state index >= 15 is 0 Å². The van der Waals surface area contributed by atoms with E-state index in [-0.39, 0.29) is 29.6 Å². The molecule has 1 spiro atoms. The number of hydrogen-bond acceptors (Lipinski definition) is 8. The van der Waals surface area contributed by atoms with E-state index in [1.165, 1.54) is 12.6 Å². The molecule has 4 aliphatic heterocycles. The lowest BCUT2D eigenvalue weighted by Gasteiger charge is -2.47. The average molecular weight is 735 g/mol. The van der Waals surface area contributed by atoms with Crippen LogP contribution in [0.1, 0.15) is 84.7 Å². The van der Waals surface area contributed by atoms with Crippen LogP contribution in [-0.2, 0) is 19.7 Å². The van der Waals surface area contributed by atoms with Gasteiger partial charge in [0.15, 0.2) is 11.6 Å². The number of halogens is 1. The van der Waals surface area contributed by atoms with Gasteiger partial charge in [0, 0.05) is 61.8 Å². The van der Waals surface area contributed by atoms with Crippen molar-refractivity contribution in [2.45, 2.75) is 96.7 Å². The number of fused-ring (bicyclic) bond motifs is 3. The second-order valence-electron chi connectivity index (χ2n) is 17.8. The number of likely N-dealkylation sites (tertiary alicyclic amines) is 2. The molecule has 284 valence electrons. The Morgan fingerprint density at radius 1 is 1.02 bits per heavy atom. The molecular weight excluding hydrogens is 684 g/mol. The van der Waals surface area contributed by atoms with Crippen molar-refractivity contribution < 1.29 is 18.7 Å². The molecule has 5 aliphatic rings. The molecule has 9 rings (SSSR count). The Morgan fingerprint density at radius 2 is 1.81 bits per heavy atom. The molecule has 4 aromatic rings. The van der Waals surface area contributed by atoms with Crippen LogP contribution in [0.2, 0.25) is 0 Å². The number of amides is 2. The zero-order valence-corrected chi connectivity index (χ0v) is 32.1. The van der Waals surface area contributed by atoms with Crippen molar-refractivity contribution in [1.82, 2.24) is 29.3 Å². The van der Waals surface area contributed by atoms with Crippen LogP contribution in [0.15, 0.2) is 49.1 Å². The normalized spacial score (nSPS) is 26.2. The molecule has 1 unspecified atom stereocenters. The van der Waals surface area contributed by atoms with Gasteiger partial charge >= 0.3 is 0 Å². The maximum absolute atomic E-state index is 15.0. The van der Waals surface area contributed by atoms with Crippen LogP contribution in [0.5, 0.6) is 0 Å². The lowest BCUT2D eigenvalue weighted by atomic mass is 9.72. The number of rotatable bonds is 7. The quantitative estimate of drug-likeness (QED) is 0.220. The lowest BCUT2D eigenvalue weighted by Crippen LogP contribution is -2.58. The predicted octanol–water partition coefficient (Wildman–Crippen LogP) is 6.85. The van der Waals surface area contributed by atoms with Crippen molar-refractivity contribution in [2.75, 3.05) is 49.6 Å². The molecule has 1 N–H and O–H groups in total. The maximum Gasteiger partial charge on any atom is 0.238 e. The Labute approximate surface area is 316 Å². The highest BCUT2D eigenvalue weighted by Gasteiger charge is 2.57. The van der Waals surface area contributed by atoms with Gasteiger partial charge in [0.1, 0.15) is 5.52 Å². The molecule has 1 saturated carbocycles. The highest BCUT2D eigenvalue weighted by atomic mass is 19.1. The largest absolute Gasteiger partial charge is 0.380 e. The number of benzene rings is 1. The van der Waals surface area contributed by atoms with Crippen LogP contribution in [-0.4, -0.2) is 92.6 Å². The van der Waals surface area contributed by atoms with Crippen LogP contribution >= 0.6 is 0 Å². The minimum atomic E-state index is -0.683. The monoisotopic (exact) mass is 734 g/mol. The minimum absolute atomic E-state index is 0.107. The Kier molecular flexibility index (Phi) is 8.39. The summed E-state index contributed by atoms with van der Waals surface area (Å²) in [4.78, 5) is 49.1. The summed E-state index contributed by atoms with van der Waals surface area (Å²) in [6.07, 6.45) is 9.55. The summed E-state index contributed by atoms with van der Waals surface area (Å²) in [5.74, 6) is 0.329. The number of ether oxygens (including phenoxy) is 1. The first-order valence-corrected chi connectivity index (χ1v) is 19.7. The summed E-state index contributed by atoms with van der Waals surface area (Å²) in [5, 5.41) is 3.24. The SMILES string of the molecule is CC(C)n1cnc2cc(-c3ccc4c(c3)N([C@H]3C[C@@H](N5CCC(C)(C)C5)C3)C(=O)C43CCN(C(=O)C4(C)CCOC4)CC3)nc(Nc3ccncc3F)c21. The first-order chi connectivity index (χ1) is 25.9. The third kappa shape index (κ3) is 5.70. The Bertz CT molecular complexity index is 2130. The lowest BCUT2D eigenvalue weighted by molar-refractivity contribution is -0.144. The first kappa shape index (κ1) is 35.3. The third-order valence-corrected chi connectivity index (χ3v) is 13.1. The van der Waals surface area contributed by atoms with E-state index in [0.29, 0.717) is 62.1 Å². The van der Waals surface area contributed by atoms with Crippen molar-refractivity contribution in [3.05, 3.63) is 60.4 Å². The van der Waals surface area contributed by atoms with Gasteiger partial charge in [0.2, 0.25) is 11.8 Å². The van der Waals surface area contributed by atoms with Gasteiger partial charge in [-0.15, -0.1) is 0 Å². The summed E-state index contributed by atoms with van der Waals surface area (Å²) < 4.78 is 22.5. The van der Waals surface area contributed by atoms with Gasteiger partial charge < -0.3 is 24.4 Å². The second kappa shape index (κ2) is 12.8.